The monoisotopic (exact) mass is 476 g/mol. The fourth-order valence-corrected chi connectivity index (χ4v) is 5.87. The summed E-state index contributed by atoms with van der Waals surface area (Å²) in [6.45, 7) is 6.21. The Kier molecular flexibility index (Phi) is 4.82. The standard InChI is InChI=1S/C26H29FN6O2/c1-25(2)34-20-19(33-9-7-16-22(28)30-13-31-24(16)33)12-26(3,21(20)35-25)8-6-14-4-5-15-11-17(27)23(29)32-18(15)10-14/h4-5,7,9-11,13,19-21H,6,8,12H2,1-3H3,(H2,29,32)(H2,28,30,31)/t19-,20+,21+,26+/m1/s1. The molecule has 0 unspecified atom stereocenters. The number of hydrogen-bond donors (Lipinski definition) is 2. The molecule has 0 radical (unpaired) electrons. The highest BCUT2D eigenvalue weighted by Crippen LogP contribution is 2.55. The normalized spacial score (nSPS) is 27.6. The molecule has 0 spiro atoms. The molecule has 9 heteroatoms. The predicted molar refractivity (Wildman–Crippen MR) is 132 cm³/mol. The molecule has 4 N–H and O–H groups in total. The van der Waals surface area contributed by atoms with Crippen LogP contribution < -0.4 is 11.5 Å². The SMILES string of the molecule is CC1(C)O[C@H]2[C@H](n3ccc4c(N)ncnc43)C[C@](C)(CCc3ccc4cc(F)c(N)nc4c3)[C@H]2O1. The lowest BCUT2D eigenvalue weighted by Crippen LogP contribution is -2.34. The molecule has 0 bridgehead atoms. The Balaban J connectivity index is 1.31. The van der Waals surface area contributed by atoms with Crippen LogP contribution in [0.25, 0.3) is 21.9 Å². The molecular weight excluding hydrogens is 447 g/mol. The van der Waals surface area contributed by atoms with Gasteiger partial charge in [0.05, 0.1) is 23.0 Å². The van der Waals surface area contributed by atoms with Crippen LogP contribution in [0.1, 0.15) is 45.2 Å². The van der Waals surface area contributed by atoms with E-state index in [0.29, 0.717) is 11.3 Å². The Bertz CT molecular complexity index is 1450. The predicted octanol–water partition coefficient (Wildman–Crippen LogP) is 4.39. The molecule has 1 aliphatic carbocycles. The van der Waals surface area contributed by atoms with Gasteiger partial charge in [-0.2, -0.15) is 0 Å². The van der Waals surface area contributed by atoms with E-state index in [-0.39, 0.29) is 29.5 Å². The van der Waals surface area contributed by atoms with Gasteiger partial charge in [-0.3, -0.25) is 0 Å². The molecule has 2 aliphatic rings. The van der Waals surface area contributed by atoms with Crippen LogP contribution in [0.4, 0.5) is 16.0 Å². The van der Waals surface area contributed by atoms with E-state index in [9.17, 15) is 4.39 Å². The zero-order chi connectivity index (χ0) is 24.5. The Morgan fingerprint density at radius 3 is 2.74 bits per heavy atom. The smallest absolute Gasteiger partial charge is 0.165 e. The van der Waals surface area contributed by atoms with Gasteiger partial charge in [-0.25, -0.2) is 19.3 Å². The van der Waals surface area contributed by atoms with E-state index in [1.165, 1.54) is 12.4 Å². The number of halogens is 1. The first-order valence-electron chi connectivity index (χ1n) is 11.9. The Hall–Kier alpha value is -3.30. The number of aromatic nitrogens is 4. The van der Waals surface area contributed by atoms with Crippen molar-refractivity contribution in [2.75, 3.05) is 11.5 Å². The number of fused-ring (bicyclic) bond motifs is 3. The van der Waals surface area contributed by atoms with Crippen molar-refractivity contribution >= 4 is 33.6 Å². The summed E-state index contributed by atoms with van der Waals surface area (Å²) in [5.41, 5.74) is 14.3. The second-order valence-electron chi connectivity index (χ2n) is 10.5. The van der Waals surface area contributed by atoms with E-state index >= 15 is 0 Å². The van der Waals surface area contributed by atoms with Crippen LogP contribution in [0.15, 0.2) is 42.9 Å². The lowest BCUT2D eigenvalue weighted by Gasteiger charge is -2.32. The molecule has 8 nitrogen and oxygen atoms in total. The summed E-state index contributed by atoms with van der Waals surface area (Å²) in [5.74, 6) is -0.766. The number of rotatable bonds is 4. The molecule has 4 aromatic rings. The van der Waals surface area contributed by atoms with Crippen molar-refractivity contribution in [3.05, 3.63) is 54.2 Å². The molecule has 4 heterocycles. The fourth-order valence-electron chi connectivity index (χ4n) is 5.87. The summed E-state index contributed by atoms with van der Waals surface area (Å²) in [6, 6.07) is 9.37. The van der Waals surface area contributed by atoms with E-state index in [1.54, 1.807) is 0 Å². The fraction of sp³-hybridized carbons (Fsp3) is 0.423. The number of anilines is 2. The minimum atomic E-state index is -0.666. The Morgan fingerprint density at radius 1 is 1.09 bits per heavy atom. The molecule has 4 atom stereocenters. The first kappa shape index (κ1) is 22.2. The number of aryl methyl sites for hydroxylation is 1. The van der Waals surface area contributed by atoms with Gasteiger partial charge >= 0.3 is 0 Å². The topological polar surface area (TPSA) is 114 Å². The molecule has 35 heavy (non-hydrogen) atoms. The summed E-state index contributed by atoms with van der Waals surface area (Å²) in [6.07, 6.45) is 5.94. The first-order chi connectivity index (χ1) is 16.6. The van der Waals surface area contributed by atoms with Crippen molar-refractivity contribution in [2.45, 2.75) is 64.1 Å². The van der Waals surface area contributed by atoms with E-state index < -0.39 is 11.6 Å². The third kappa shape index (κ3) is 3.61. The maximum Gasteiger partial charge on any atom is 0.165 e. The molecule has 1 aromatic carbocycles. The van der Waals surface area contributed by atoms with Crippen LogP contribution in [0.3, 0.4) is 0 Å². The molecule has 3 aromatic heterocycles. The van der Waals surface area contributed by atoms with Crippen LogP contribution in [-0.2, 0) is 15.9 Å². The van der Waals surface area contributed by atoms with Crippen molar-refractivity contribution in [3.8, 4) is 0 Å². The van der Waals surface area contributed by atoms with Gasteiger partial charge in [-0.15, -0.1) is 0 Å². The van der Waals surface area contributed by atoms with Crippen LogP contribution in [0.2, 0.25) is 0 Å². The average Bonchev–Trinajstić information content (AvgIpc) is 3.45. The number of nitrogen functional groups attached to an aromatic ring is 2. The van der Waals surface area contributed by atoms with E-state index in [0.717, 1.165) is 41.2 Å². The second kappa shape index (κ2) is 7.60. The van der Waals surface area contributed by atoms with Gasteiger partial charge in [0, 0.05) is 11.6 Å². The molecular formula is C26H29FN6O2. The Labute approximate surface area is 202 Å². The van der Waals surface area contributed by atoms with Crippen LogP contribution >= 0.6 is 0 Å². The van der Waals surface area contributed by atoms with Crippen molar-refractivity contribution in [3.63, 3.8) is 0 Å². The van der Waals surface area contributed by atoms with Crippen LogP contribution in [-0.4, -0.2) is 37.5 Å². The average molecular weight is 477 g/mol. The summed E-state index contributed by atoms with van der Waals surface area (Å²) in [5, 5.41) is 1.58. The van der Waals surface area contributed by atoms with Crippen molar-refractivity contribution in [1.29, 1.82) is 0 Å². The summed E-state index contributed by atoms with van der Waals surface area (Å²) >= 11 is 0. The third-order valence-electron chi connectivity index (χ3n) is 7.62. The first-order valence-corrected chi connectivity index (χ1v) is 11.9. The van der Waals surface area contributed by atoms with E-state index in [2.05, 4.69) is 26.4 Å². The van der Waals surface area contributed by atoms with Gasteiger partial charge in [0.25, 0.3) is 0 Å². The third-order valence-corrected chi connectivity index (χ3v) is 7.62. The molecule has 1 saturated carbocycles. The van der Waals surface area contributed by atoms with Crippen molar-refractivity contribution in [2.24, 2.45) is 5.41 Å². The highest BCUT2D eigenvalue weighted by atomic mass is 19.1. The Morgan fingerprint density at radius 2 is 1.91 bits per heavy atom. The van der Waals surface area contributed by atoms with E-state index in [4.69, 9.17) is 20.9 Å². The number of benzene rings is 1. The van der Waals surface area contributed by atoms with Crippen molar-refractivity contribution < 1.29 is 13.9 Å². The van der Waals surface area contributed by atoms with Gasteiger partial charge in [0.2, 0.25) is 0 Å². The van der Waals surface area contributed by atoms with Gasteiger partial charge in [-0.1, -0.05) is 19.1 Å². The largest absolute Gasteiger partial charge is 0.383 e. The number of ether oxygens (including phenoxy) is 2. The number of pyridine rings is 1. The maximum atomic E-state index is 13.8. The zero-order valence-electron chi connectivity index (χ0n) is 20.0. The lowest BCUT2D eigenvalue weighted by molar-refractivity contribution is -0.168. The highest BCUT2D eigenvalue weighted by molar-refractivity contribution is 5.86. The summed E-state index contributed by atoms with van der Waals surface area (Å²) in [7, 11) is 0. The van der Waals surface area contributed by atoms with Gasteiger partial charge in [0.15, 0.2) is 17.4 Å². The number of hydrogen-bond acceptors (Lipinski definition) is 7. The number of nitrogens with zero attached hydrogens (tertiary/aromatic N) is 4. The second-order valence-corrected chi connectivity index (χ2v) is 10.5. The quantitative estimate of drug-likeness (QED) is 0.449. The molecule has 1 saturated heterocycles. The molecule has 182 valence electrons. The minimum absolute atomic E-state index is 0.0552. The summed E-state index contributed by atoms with van der Waals surface area (Å²) < 4.78 is 28.9. The molecule has 0 amide bonds. The lowest BCUT2D eigenvalue weighted by atomic mass is 9.80. The number of nitrogens with two attached hydrogens (primary N) is 2. The highest BCUT2D eigenvalue weighted by Gasteiger charge is 2.59. The minimum Gasteiger partial charge on any atom is -0.383 e. The summed E-state index contributed by atoms with van der Waals surface area (Å²) in [4.78, 5) is 12.9. The molecule has 6 rings (SSSR count). The van der Waals surface area contributed by atoms with Crippen LogP contribution in [0.5, 0.6) is 0 Å². The van der Waals surface area contributed by atoms with Gasteiger partial charge < -0.3 is 25.5 Å². The zero-order valence-corrected chi connectivity index (χ0v) is 20.0. The van der Waals surface area contributed by atoms with Gasteiger partial charge in [0.1, 0.15) is 23.9 Å². The molecule has 2 fully saturated rings. The van der Waals surface area contributed by atoms with Gasteiger partial charge in [-0.05, 0) is 62.3 Å². The van der Waals surface area contributed by atoms with E-state index in [1.807, 2.05) is 44.3 Å². The van der Waals surface area contributed by atoms with Crippen molar-refractivity contribution in [1.82, 2.24) is 19.5 Å². The van der Waals surface area contributed by atoms with Crippen LogP contribution in [0, 0.1) is 11.2 Å². The molecule has 1 aliphatic heterocycles. The maximum absolute atomic E-state index is 13.8.